The Hall–Kier alpha value is -2.32. The van der Waals surface area contributed by atoms with Crippen LogP contribution in [0.15, 0.2) is 29.6 Å². The minimum Gasteiger partial charge on any atom is -0.497 e. The molecule has 4 nitrogen and oxygen atoms in total. The van der Waals surface area contributed by atoms with E-state index in [-0.39, 0.29) is 5.41 Å². The molecule has 0 spiro atoms. The molecular formula is C18H19N3OS. The van der Waals surface area contributed by atoms with Crippen LogP contribution in [0.4, 0.5) is 0 Å². The van der Waals surface area contributed by atoms with E-state index in [1.165, 1.54) is 0 Å². The van der Waals surface area contributed by atoms with Crippen molar-refractivity contribution in [3.05, 3.63) is 41.0 Å². The number of nitrogens with zero attached hydrogens (tertiary/aromatic N) is 3. The molecule has 0 saturated carbocycles. The highest BCUT2D eigenvalue weighted by Gasteiger charge is 2.25. The predicted octanol–water partition coefficient (Wildman–Crippen LogP) is 4.43. The van der Waals surface area contributed by atoms with E-state index in [0.29, 0.717) is 6.42 Å². The summed E-state index contributed by atoms with van der Waals surface area (Å²) < 4.78 is 7.44. The predicted molar refractivity (Wildman–Crippen MR) is 93.1 cm³/mol. The Kier molecular flexibility index (Phi) is 3.87. The molecule has 5 heteroatoms. The van der Waals surface area contributed by atoms with E-state index in [4.69, 9.17) is 9.72 Å². The van der Waals surface area contributed by atoms with Crippen molar-refractivity contribution in [2.24, 2.45) is 0 Å². The van der Waals surface area contributed by atoms with Crippen molar-refractivity contribution < 1.29 is 4.74 Å². The lowest BCUT2D eigenvalue weighted by molar-refractivity contribution is 0.415. The van der Waals surface area contributed by atoms with Gasteiger partial charge in [-0.2, -0.15) is 5.26 Å². The average molecular weight is 325 g/mol. The van der Waals surface area contributed by atoms with Crippen LogP contribution in [0, 0.1) is 11.3 Å². The van der Waals surface area contributed by atoms with E-state index in [0.717, 1.165) is 33.4 Å². The Balaban J connectivity index is 2.27. The molecule has 23 heavy (non-hydrogen) atoms. The summed E-state index contributed by atoms with van der Waals surface area (Å²) in [5.41, 5.74) is 4.00. The van der Waals surface area contributed by atoms with Crippen LogP contribution < -0.4 is 4.74 Å². The molecule has 3 aromatic rings. The zero-order valence-corrected chi connectivity index (χ0v) is 14.6. The van der Waals surface area contributed by atoms with Crippen LogP contribution in [0.1, 0.15) is 32.2 Å². The van der Waals surface area contributed by atoms with Gasteiger partial charge in [0.2, 0.25) is 0 Å². The van der Waals surface area contributed by atoms with E-state index >= 15 is 0 Å². The van der Waals surface area contributed by atoms with Crippen LogP contribution in [0.25, 0.3) is 16.2 Å². The van der Waals surface area contributed by atoms with E-state index in [1.807, 2.05) is 18.2 Å². The summed E-state index contributed by atoms with van der Waals surface area (Å²) in [6.07, 6.45) is 0.349. The van der Waals surface area contributed by atoms with Crippen molar-refractivity contribution in [3.8, 4) is 23.1 Å². The summed E-state index contributed by atoms with van der Waals surface area (Å²) in [7, 11) is 1.67. The van der Waals surface area contributed by atoms with Crippen LogP contribution in [0.5, 0.6) is 5.75 Å². The van der Waals surface area contributed by atoms with E-state index in [1.54, 1.807) is 18.4 Å². The second-order valence-corrected chi connectivity index (χ2v) is 7.30. The third-order valence-electron chi connectivity index (χ3n) is 3.78. The van der Waals surface area contributed by atoms with Gasteiger partial charge in [-0.3, -0.25) is 4.40 Å². The largest absolute Gasteiger partial charge is 0.497 e. The Bertz CT molecular complexity index is 893. The van der Waals surface area contributed by atoms with Gasteiger partial charge in [-0.25, -0.2) is 4.98 Å². The zero-order chi connectivity index (χ0) is 16.6. The molecule has 0 amide bonds. The number of fused-ring (bicyclic) bond motifs is 1. The molecule has 1 aromatic carbocycles. The fourth-order valence-electron chi connectivity index (χ4n) is 2.74. The minimum atomic E-state index is -0.0937. The molecule has 2 aromatic heterocycles. The van der Waals surface area contributed by atoms with Gasteiger partial charge in [0.15, 0.2) is 4.96 Å². The number of ether oxygens (including phenoxy) is 1. The summed E-state index contributed by atoms with van der Waals surface area (Å²) in [5, 5.41) is 11.3. The highest BCUT2D eigenvalue weighted by molar-refractivity contribution is 7.15. The molecule has 0 aliphatic carbocycles. The van der Waals surface area contributed by atoms with Gasteiger partial charge < -0.3 is 4.74 Å². The van der Waals surface area contributed by atoms with Crippen molar-refractivity contribution in [2.75, 3.05) is 7.11 Å². The smallest absolute Gasteiger partial charge is 0.194 e. The van der Waals surface area contributed by atoms with Gasteiger partial charge in [0, 0.05) is 16.4 Å². The third-order valence-corrected chi connectivity index (χ3v) is 4.61. The second kappa shape index (κ2) is 5.71. The molecule has 0 saturated heterocycles. The SMILES string of the molecule is COc1cccc(-c2csc3nc(C(C)(C)C)c(CC#N)n23)c1. The summed E-state index contributed by atoms with van der Waals surface area (Å²) in [5.74, 6) is 0.819. The van der Waals surface area contributed by atoms with Crippen LogP contribution in [-0.4, -0.2) is 16.5 Å². The maximum absolute atomic E-state index is 9.26. The van der Waals surface area contributed by atoms with E-state index in [2.05, 4.69) is 42.7 Å². The Morgan fingerprint density at radius 1 is 1.35 bits per heavy atom. The molecule has 3 rings (SSSR count). The molecule has 0 fully saturated rings. The standard InChI is InChI=1S/C18H19N3OS/c1-18(2,3)16-14(8-9-19)21-15(11-23-17(21)20-16)12-6-5-7-13(10-12)22-4/h5-7,10-11H,8H2,1-4H3. The molecule has 0 bridgehead atoms. The van der Waals surface area contributed by atoms with Crippen molar-refractivity contribution in [1.82, 2.24) is 9.38 Å². The molecule has 0 aliphatic rings. The first-order chi connectivity index (χ1) is 11.0. The fourth-order valence-corrected chi connectivity index (χ4v) is 3.65. The third kappa shape index (κ3) is 2.71. The van der Waals surface area contributed by atoms with Crippen molar-refractivity contribution >= 4 is 16.3 Å². The number of rotatable bonds is 3. The number of hydrogen-bond acceptors (Lipinski definition) is 4. The Morgan fingerprint density at radius 2 is 2.13 bits per heavy atom. The fraction of sp³-hybridized carbons (Fsp3) is 0.333. The zero-order valence-electron chi connectivity index (χ0n) is 13.8. The molecule has 0 aliphatic heterocycles. The number of benzene rings is 1. The maximum Gasteiger partial charge on any atom is 0.194 e. The quantitative estimate of drug-likeness (QED) is 0.715. The van der Waals surface area contributed by atoms with Crippen LogP contribution >= 0.6 is 11.3 Å². The summed E-state index contributed by atoms with van der Waals surface area (Å²) >= 11 is 1.60. The van der Waals surface area contributed by atoms with Gasteiger partial charge in [-0.15, -0.1) is 11.3 Å². The molecule has 0 atom stereocenters. The Labute approximate surface area is 140 Å². The minimum absolute atomic E-state index is 0.0937. The molecule has 0 unspecified atom stereocenters. The lowest BCUT2D eigenvalue weighted by Crippen LogP contribution is -2.15. The normalized spacial score (nSPS) is 11.6. The second-order valence-electron chi connectivity index (χ2n) is 6.46. The van der Waals surface area contributed by atoms with Crippen molar-refractivity contribution in [3.63, 3.8) is 0 Å². The van der Waals surface area contributed by atoms with E-state index < -0.39 is 0 Å². The molecule has 0 radical (unpaired) electrons. The summed E-state index contributed by atoms with van der Waals surface area (Å²) in [4.78, 5) is 5.72. The Morgan fingerprint density at radius 3 is 2.78 bits per heavy atom. The van der Waals surface area contributed by atoms with Gasteiger partial charge in [0.05, 0.1) is 36.7 Å². The highest BCUT2D eigenvalue weighted by atomic mass is 32.1. The van der Waals surface area contributed by atoms with Gasteiger partial charge in [-0.05, 0) is 12.1 Å². The van der Waals surface area contributed by atoms with Crippen molar-refractivity contribution in [1.29, 1.82) is 5.26 Å². The van der Waals surface area contributed by atoms with Gasteiger partial charge >= 0.3 is 0 Å². The number of thiazole rings is 1. The van der Waals surface area contributed by atoms with Crippen LogP contribution in [-0.2, 0) is 11.8 Å². The monoisotopic (exact) mass is 325 g/mol. The first-order valence-electron chi connectivity index (χ1n) is 7.46. The molecule has 0 N–H and O–H groups in total. The van der Waals surface area contributed by atoms with Gasteiger partial charge in [0.25, 0.3) is 0 Å². The van der Waals surface area contributed by atoms with Crippen LogP contribution in [0.3, 0.4) is 0 Å². The maximum atomic E-state index is 9.26. The lowest BCUT2D eigenvalue weighted by Gasteiger charge is -2.17. The van der Waals surface area contributed by atoms with Gasteiger partial charge in [0.1, 0.15) is 5.75 Å². The molecule has 118 valence electrons. The topological polar surface area (TPSA) is 50.3 Å². The summed E-state index contributed by atoms with van der Waals surface area (Å²) in [6.45, 7) is 6.39. The van der Waals surface area contributed by atoms with Gasteiger partial charge in [-0.1, -0.05) is 32.9 Å². The molecule has 2 heterocycles. The first kappa shape index (κ1) is 15.6. The number of imidazole rings is 1. The number of hydrogen-bond donors (Lipinski definition) is 0. The summed E-state index contributed by atoms with van der Waals surface area (Å²) in [6, 6.07) is 10.2. The number of aromatic nitrogens is 2. The first-order valence-corrected chi connectivity index (χ1v) is 8.34. The number of nitriles is 1. The average Bonchev–Trinajstić information content (AvgIpc) is 3.07. The highest BCUT2D eigenvalue weighted by Crippen LogP contribution is 2.34. The lowest BCUT2D eigenvalue weighted by atomic mass is 9.90. The molecular weight excluding hydrogens is 306 g/mol. The van der Waals surface area contributed by atoms with Crippen LogP contribution in [0.2, 0.25) is 0 Å². The van der Waals surface area contributed by atoms with E-state index in [9.17, 15) is 5.26 Å². The van der Waals surface area contributed by atoms with Crippen molar-refractivity contribution in [2.45, 2.75) is 32.6 Å². The number of methoxy groups -OCH3 is 1.